The van der Waals surface area contributed by atoms with Gasteiger partial charge in [0.1, 0.15) is 0 Å². The van der Waals surface area contributed by atoms with Crippen molar-refractivity contribution in [1.82, 2.24) is 0 Å². The van der Waals surface area contributed by atoms with Gasteiger partial charge in [0, 0.05) is 8.96 Å². The van der Waals surface area contributed by atoms with E-state index >= 15 is 0 Å². The van der Waals surface area contributed by atoms with Gasteiger partial charge in [-0.3, -0.25) is 0 Å². The van der Waals surface area contributed by atoms with Gasteiger partial charge in [-0.1, -0.05) is 79.8 Å². The van der Waals surface area contributed by atoms with E-state index in [4.69, 9.17) is 5.73 Å². The fourth-order valence-corrected chi connectivity index (χ4v) is 5.91. The molecule has 0 saturated heterocycles. The SMILES string of the molecule is CCCCCCCCc1ccc2c(c1)CCC[C@]2(I)C[C@](C)(N)CO. The third-order valence-corrected chi connectivity index (χ3v) is 7.04. The zero-order chi connectivity index (χ0) is 18.3. The van der Waals surface area contributed by atoms with E-state index < -0.39 is 5.54 Å². The molecule has 0 saturated carbocycles. The first-order valence-corrected chi connectivity index (χ1v) is 11.2. The predicted octanol–water partition coefficient (Wildman–Crippen LogP) is 5.66. The molecule has 2 atom stereocenters. The van der Waals surface area contributed by atoms with Crippen molar-refractivity contribution in [2.24, 2.45) is 5.73 Å². The normalized spacial score (nSPS) is 22.4. The van der Waals surface area contributed by atoms with Gasteiger partial charge in [-0.05, 0) is 62.1 Å². The number of aryl methyl sites for hydroxylation is 2. The van der Waals surface area contributed by atoms with E-state index in [1.165, 1.54) is 74.5 Å². The zero-order valence-corrected chi connectivity index (χ0v) is 18.3. The van der Waals surface area contributed by atoms with E-state index in [-0.39, 0.29) is 10.0 Å². The van der Waals surface area contributed by atoms with E-state index in [9.17, 15) is 5.11 Å². The monoisotopic (exact) mass is 457 g/mol. The first kappa shape index (κ1) is 21.2. The summed E-state index contributed by atoms with van der Waals surface area (Å²) in [5.74, 6) is 0. The number of halogens is 1. The molecule has 3 heteroatoms. The third kappa shape index (κ3) is 6.21. The minimum absolute atomic E-state index is 0.0448. The van der Waals surface area contributed by atoms with Crippen LogP contribution in [-0.4, -0.2) is 17.3 Å². The molecule has 0 heterocycles. The molecule has 0 aromatic heterocycles. The Morgan fingerprint density at radius 3 is 2.64 bits per heavy atom. The van der Waals surface area contributed by atoms with Crippen molar-refractivity contribution >= 4 is 22.6 Å². The Bertz CT molecular complexity index is 543. The van der Waals surface area contributed by atoms with Gasteiger partial charge in [-0.25, -0.2) is 0 Å². The number of nitrogens with two attached hydrogens (primary N) is 1. The summed E-state index contributed by atoms with van der Waals surface area (Å²) < 4.78 is 0.0657. The summed E-state index contributed by atoms with van der Waals surface area (Å²) in [5, 5.41) is 9.58. The summed E-state index contributed by atoms with van der Waals surface area (Å²) in [5.41, 5.74) is 10.2. The van der Waals surface area contributed by atoms with Crippen LogP contribution in [-0.2, 0) is 16.3 Å². The molecule has 1 aliphatic rings. The molecule has 1 aromatic carbocycles. The second kappa shape index (κ2) is 9.70. The highest BCUT2D eigenvalue weighted by atomic mass is 127. The second-order valence-electron chi connectivity index (χ2n) is 8.32. The van der Waals surface area contributed by atoms with Crippen LogP contribution < -0.4 is 5.73 Å². The summed E-state index contributed by atoms with van der Waals surface area (Å²) >= 11 is 2.60. The van der Waals surface area contributed by atoms with Crippen LogP contribution in [0.25, 0.3) is 0 Å². The van der Waals surface area contributed by atoms with Gasteiger partial charge in [-0.2, -0.15) is 0 Å². The number of aliphatic hydroxyl groups is 1. The first-order chi connectivity index (χ1) is 11.9. The van der Waals surface area contributed by atoms with Crippen molar-refractivity contribution in [2.75, 3.05) is 6.61 Å². The molecule has 1 aliphatic carbocycles. The minimum atomic E-state index is -0.507. The zero-order valence-electron chi connectivity index (χ0n) is 16.1. The molecule has 0 radical (unpaired) electrons. The lowest BCUT2D eigenvalue weighted by Gasteiger charge is -2.39. The number of hydrogen-bond acceptors (Lipinski definition) is 2. The number of alkyl halides is 1. The van der Waals surface area contributed by atoms with E-state index in [1.54, 1.807) is 0 Å². The molecular formula is C22H36INO. The average molecular weight is 457 g/mol. The van der Waals surface area contributed by atoms with E-state index in [0.29, 0.717) is 0 Å². The Morgan fingerprint density at radius 2 is 1.92 bits per heavy atom. The number of aliphatic hydroxyl groups excluding tert-OH is 1. The van der Waals surface area contributed by atoms with E-state index in [0.717, 1.165) is 12.8 Å². The fourth-order valence-electron chi connectivity index (χ4n) is 4.13. The Kier molecular flexibility index (Phi) is 8.22. The molecule has 142 valence electrons. The van der Waals surface area contributed by atoms with Gasteiger partial charge >= 0.3 is 0 Å². The Balaban J connectivity index is 1.99. The summed E-state index contributed by atoms with van der Waals surface area (Å²) in [7, 11) is 0. The van der Waals surface area contributed by atoms with Crippen LogP contribution in [0.4, 0.5) is 0 Å². The number of fused-ring (bicyclic) bond motifs is 1. The highest BCUT2D eigenvalue weighted by molar-refractivity contribution is 14.1. The van der Waals surface area contributed by atoms with Crippen LogP contribution in [0.2, 0.25) is 0 Å². The molecule has 2 nitrogen and oxygen atoms in total. The minimum Gasteiger partial charge on any atom is -0.394 e. The smallest absolute Gasteiger partial charge is 0.0609 e. The lowest BCUT2D eigenvalue weighted by atomic mass is 9.76. The Morgan fingerprint density at radius 1 is 1.20 bits per heavy atom. The summed E-state index contributed by atoms with van der Waals surface area (Å²) in [6.45, 7) is 4.28. The number of benzene rings is 1. The summed E-state index contributed by atoms with van der Waals surface area (Å²) in [6, 6.07) is 7.12. The van der Waals surface area contributed by atoms with Crippen LogP contribution in [0.15, 0.2) is 18.2 Å². The molecule has 3 N–H and O–H groups in total. The van der Waals surface area contributed by atoms with Crippen LogP contribution in [0.5, 0.6) is 0 Å². The van der Waals surface area contributed by atoms with Gasteiger partial charge in [-0.15, -0.1) is 0 Å². The second-order valence-corrected chi connectivity index (χ2v) is 10.4. The van der Waals surface area contributed by atoms with Gasteiger partial charge in [0.05, 0.1) is 6.61 Å². The van der Waals surface area contributed by atoms with Crippen LogP contribution in [0, 0.1) is 0 Å². The molecular weight excluding hydrogens is 421 g/mol. The third-order valence-electron chi connectivity index (χ3n) is 5.54. The van der Waals surface area contributed by atoms with Gasteiger partial charge in [0.15, 0.2) is 0 Å². The molecule has 0 bridgehead atoms. The average Bonchev–Trinajstić information content (AvgIpc) is 2.57. The van der Waals surface area contributed by atoms with Gasteiger partial charge in [0.25, 0.3) is 0 Å². The van der Waals surface area contributed by atoms with Crippen molar-refractivity contribution in [3.8, 4) is 0 Å². The predicted molar refractivity (Wildman–Crippen MR) is 116 cm³/mol. The maximum Gasteiger partial charge on any atom is 0.0609 e. The van der Waals surface area contributed by atoms with Crippen molar-refractivity contribution in [3.05, 3.63) is 34.9 Å². The Labute approximate surface area is 168 Å². The maximum atomic E-state index is 9.58. The van der Waals surface area contributed by atoms with Crippen molar-refractivity contribution in [3.63, 3.8) is 0 Å². The summed E-state index contributed by atoms with van der Waals surface area (Å²) in [6.07, 6.45) is 13.7. The quantitative estimate of drug-likeness (QED) is 0.271. The number of rotatable bonds is 10. The fraction of sp³-hybridized carbons (Fsp3) is 0.727. The largest absolute Gasteiger partial charge is 0.394 e. The van der Waals surface area contributed by atoms with Crippen molar-refractivity contribution in [2.45, 2.75) is 93.4 Å². The highest BCUT2D eigenvalue weighted by Gasteiger charge is 2.38. The molecule has 25 heavy (non-hydrogen) atoms. The maximum absolute atomic E-state index is 9.58. The lowest BCUT2D eigenvalue weighted by Crippen LogP contribution is -2.46. The number of hydrogen-bond donors (Lipinski definition) is 2. The molecule has 0 fully saturated rings. The highest BCUT2D eigenvalue weighted by Crippen LogP contribution is 2.47. The molecule has 1 aromatic rings. The van der Waals surface area contributed by atoms with Crippen LogP contribution in [0.1, 0.15) is 88.3 Å². The summed E-state index contributed by atoms with van der Waals surface area (Å²) in [4.78, 5) is 0. The van der Waals surface area contributed by atoms with Crippen molar-refractivity contribution < 1.29 is 5.11 Å². The lowest BCUT2D eigenvalue weighted by molar-refractivity contribution is 0.187. The van der Waals surface area contributed by atoms with Gasteiger partial charge < -0.3 is 10.8 Å². The first-order valence-electron chi connectivity index (χ1n) is 10.1. The molecule has 0 unspecified atom stereocenters. The topological polar surface area (TPSA) is 46.2 Å². The van der Waals surface area contributed by atoms with Crippen LogP contribution >= 0.6 is 22.6 Å². The van der Waals surface area contributed by atoms with Crippen molar-refractivity contribution in [1.29, 1.82) is 0 Å². The molecule has 0 aliphatic heterocycles. The standard InChI is InChI=1S/C22H36INO/c1-3-4-5-6-7-8-10-18-12-13-20-19(15-18)11-9-14-22(20,23)16-21(2,24)17-25/h12-13,15,25H,3-11,14,16-17,24H2,1-2H3/t21-,22-/m0/s1. The number of unbranched alkanes of at least 4 members (excludes halogenated alkanes) is 5. The molecule has 2 rings (SSSR count). The molecule has 0 spiro atoms. The molecule has 0 amide bonds. The van der Waals surface area contributed by atoms with Crippen LogP contribution in [0.3, 0.4) is 0 Å². The van der Waals surface area contributed by atoms with E-state index in [1.807, 2.05) is 6.92 Å². The van der Waals surface area contributed by atoms with Gasteiger partial charge in [0.2, 0.25) is 0 Å². The Hall–Kier alpha value is -0.130. The van der Waals surface area contributed by atoms with E-state index in [2.05, 4.69) is 47.7 Å².